The number of anilines is 2. The summed E-state index contributed by atoms with van der Waals surface area (Å²) in [5, 5.41) is 17.1. The number of nitro groups is 1. The first kappa shape index (κ1) is 21.2. The van der Waals surface area contributed by atoms with E-state index in [4.69, 9.17) is 4.74 Å². The van der Waals surface area contributed by atoms with E-state index in [1.807, 2.05) is 50.2 Å². The molecule has 0 heterocycles. The number of hydrogen-bond donors (Lipinski definition) is 2. The van der Waals surface area contributed by atoms with Crippen molar-refractivity contribution in [2.24, 2.45) is 0 Å². The number of likely N-dealkylation sites (N-methyl/N-ethyl adjacent to an activating group) is 1. The zero-order valence-electron chi connectivity index (χ0n) is 16.4. The molecule has 2 rings (SSSR count). The Kier molecular flexibility index (Phi) is 7.76. The first-order valence-corrected chi connectivity index (χ1v) is 9.07. The molecular formula is C20H26N4O4. The number of nitro benzene ring substituents is 1. The minimum atomic E-state index is -0.480. The molecule has 0 spiro atoms. The Morgan fingerprint density at radius 3 is 2.46 bits per heavy atom. The molecule has 1 amide bonds. The summed E-state index contributed by atoms with van der Waals surface area (Å²) in [7, 11) is 3.91. The van der Waals surface area contributed by atoms with Gasteiger partial charge in [0.2, 0.25) is 5.91 Å². The number of nitrogens with one attached hydrogen (secondary N) is 2. The van der Waals surface area contributed by atoms with E-state index in [9.17, 15) is 14.9 Å². The predicted molar refractivity (Wildman–Crippen MR) is 110 cm³/mol. The van der Waals surface area contributed by atoms with E-state index < -0.39 is 4.92 Å². The lowest BCUT2D eigenvalue weighted by molar-refractivity contribution is -0.384. The molecule has 8 nitrogen and oxygen atoms in total. The summed E-state index contributed by atoms with van der Waals surface area (Å²) in [4.78, 5) is 25.1. The average Bonchev–Trinajstić information content (AvgIpc) is 2.64. The highest BCUT2D eigenvalue weighted by Gasteiger charge is 2.13. The number of carbonyl (C=O) groups excluding carboxylic acids is 1. The molecule has 0 aliphatic rings. The molecule has 2 aromatic rings. The van der Waals surface area contributed by atoms with Gasteiger partial charge < -0.3 is 20.3 Å². The van der Waals surface area contributed by atoms with Crippen LogP contribution in [-0.4, -0.2) is 49.5 Å². The fourth-order valence-corrected chi connectivity index (χ4v) is 2.57. The van der Waals surface area contributed by atoms with Crippen molar-refractivity contribution in [2.75, 3.05) is 44.4 Å². The first-order chi connectivity index (χ1) is 13.4. The van der Waals surface area contributed by atoms with Gasteiger partial charge in [0.15, 0.2) is 0 Å². The molecule has 0 saturated carbocycles. The lowest BCUT2D eigenvalue weighted by Crippen LogP contribution is -2.22. The highest BCUT2D eigenvalue weighted by molar-refractivity contribution is 5.96. The SMILES string of the molecule is CCOc1ccc(CC(=O)Nc2cc([N+](=O)[O-])ccc2NCCN(C)C)cc1. The quantitative estimate of drug-likeness (QED) is 0.481. The number of amides is 1. The molecule has 8 heteroatoms. The van der Waals surface area contributed by atoms with Gasteiger partial charge in [-0.2, -0.15) is 0 Å². The van der Waals surface area contributed by atoms with Gasteiger partial charge in [0.25, 0.3) is 5.69 Å². The van der Waals surface area contributed by atoms with Crippen molar-refractivity contribution < 1.29 is 14.5 Å². The van der Waals surface area contributed by atoms with Crippen LogP contribution in [0.2, 0.25) is 0 Å². The van der Waals surface area contributed by atoms with E-state index in [1.54, 1.807) is 6.07 Å². The maximum atomic E-state index is 12.5. The van der Waals surface area contributed by atoms with Crippen molar-refractivity contribution in [2.45, 2.75) is 13.3 Å². The maximum absolute atomic E-state index is 12.5. The largest absolute Gasteiger partial charge is 0.494 e. The van der Waals surface area contributed by atoms with E-state index in [0.29, 0.717) is 24.5 Å². The smallest absolute Gasteiger partial charge is 0.271 e. The summed E-state index contributed by atoms with van der Waals surface area (Å²) in [6.07, 6.45) is 0.159. The van der Waals surface area contributed by atoms with Crippen LogP contribution < -0.4 is 15.4 Å². The second-order valence-corrected chi connectivity index (χ2v) is 6.52. The van der Waals surface area contributed by atoms with E-state index in [0.717, 1.165) is 17.9 Å². The minimum absolute atomic E-state index is 0.0745. The first-order valence-electron chi connectivity index (χ1n) is 9.07. The zero-order valence-corrected chi connectivity index (χ0v) is 16.4. The third-order valence-corrected chi connectivity index (χ3v) is 3.96. The monoisotopic (exact) mass is 386 g/mol. The average molecular weight is 386 g/mol. The number of ether oxygens (including phenoxy) is 1. The summed E-state index contributed by atoms with van der Waals surface area (Å²) < 4.78 is 5.39. The van der Waals surface area contributed by atoms with E-state index >= 15 is 0 Å². The van der Waals surface area contributed by atoms with Crippen molar-refractivity contribution in [3.8, 4) is 5.75 Å². The number of non-ortho nitro benzene ring substituents is 1. The van der Waals surface area contributed by atoms with Crippen molar-refractivity contribution in [3.63, 3.8) is 0 Å². The van der Waals surface area contributed by atoms with Crippen LogP contribution in [0.15, 0.2) is 42.5 Å². The molecule has 0 unspecified atom stereocenters. The number of rotatable bonds is 10. The van der Waals surface area contributed by atoms with Crippen LogP contribution in [-0.2, 0) is 11.2 Å². The second-order valence-electron chi connectivity index (χ2n) is 6.52. The Hall–Kier alpha value is -3.13. The van der Waals surface area contributed by atoms with Crippen molar-refractivity contribution in [1.29, 1.82) is 0 Å². The Bertz CT molecular complexity index is 806. The van der Waals surface area contributed by atoms with E-state index in [-0.39, 0.29) is 18.0 Å². The Labute approximate surface area is 164 Å². The number of carbonyl (C=O) groups is 1. The Morgan fingerprint density at radius 2 is 1.86 bits per heavy atom. The van der Waals surface area contributed by atoms with Crippen LogP contribution in [0.5, 0.6) is 5.75 Å². The fraction of sp³-hybridized carbons (Fsp3) is 0.350. The summed E-state index contributed by atoms with van der Waals surface area (Å²) in [5.74, 6) is 0.498. The molecule has 0 fully saturated rings. The van der Waals surface area contributed by atoms with Crippen LogP contribution in [0.4, 0.5) is 17.1 Å². The fourth-order valence-electron chi connectivity index (χ4n) is 2.57. The summed E-state index contributed by atoms with van der Waals surface area (Å²) in [6.45, 7) is 3.92. The third-order valence-electron chi connectivity index (χ3n) is 3.96. The topological polar surface area (TPSA) is 96.7 Å². The third kappa shape index (κ3) is 6.55. The molecule has 0 aromatic heterocycles. The van der Waals surface area contributed by atoms with E-state index in [2.05, 4.69) is 10.6 Å². The number of nitrogens with zero attached hydrogens (tertiary/aromatic N) is 2. The van der Waals surface area contributed by atoms with Gasteiger partial charge in [-0.15, -0.1) is 0 Å². The normalized spacial score (nSPS) is 10.6. The van der Waals surface area contributed by atoms with Gasteiger partial charge in [0.1, 0.15) is 5.75 Å². The highest BCUT2D eigenvalue weighted by atomic mass is 16.6. The predicted octanol–water partition coefficient (Wildman–Crippen LogP) is 3.15. The molecule has 0 aliphatic carbocycles. The van der Waals surface area contributed by atoms with Crippen LogP contribution in [0.1, 0.15) is 12.5 Å². The van der Waals surface area contributed by atoms with Crippen LogP contribution >= 0.6 is 0 Å². The zero-order chi connectivity index (χ0) is 20.5. The molecule has 2 N–H and O–H groups in total. The van der Waals surface area contributed by atoms with E-state index in [1.165, 1.54) is 12.1 Å². The second kappa shape index (κ2) is 10.3. The van der Waals surface area contributed by atoms with Crippen molar-refractivity contribution in [1.82, 2.24) is 4.90 Å². The van der Waals surface area contributed by atoms with Gasteiger partial charge in [-0.05, 0) is 44.8 Å². The lowest BCUT2D eigenvalue weighted by Gasteiger charge is -2.15. The molecule has 0 radical (unpaired) electrons. The van der Waals surface area contributed by atoms with Crippen molar-refractivity contribution >= 4 is 23.0 Å². The van der Waals surface area contributed by atoms with Gasteiger partial charge in [-0.1, -0.05) is 12.1 Å². The number of hydrogen-bond acceptors (Lipinski definition) is 6. The molecule has 0 atom stereocenters. The van der Waals surface area contributed by atoms with Gasteiger partial charge in [-0.25, -0.2) is 0 Å². The minimum Gasteiger partial charge on any atom is -0.494 e. The Balaban J connectivity index is 2.09. The highest BCUT2D eigenvalue weighted by Crippen LogP contribution is 2.27. The molecule has 0 saturated heterocycles. The summed E-state index contributed by atoms with van der Waals surface area (Å²) >= 11 is 0. The lowest BCUT2D eigenvalue weighted by atomic mass is 10.1. The molecule has 28 heavy (non-hydrogen) atoms. The van der Waals surface area contributed by atoms with Gasteiger partial charge in [-0.3, -0.25) is 14.9 Å². The maximum Gasteiger partial charge on any atom is 0.271 e. The van der Waals surface area contributed by atoms with Crippen molar-refractivity contribution in [3.05, 3.63) is 58.1 Å². The Morgan fingerprint density at radius 1 is 1.14 bits per heavy atom. The number of benzene rings is 2. The molecule has 0 bridgehead atoms. The van der Waals surface area contributed by atoms with Crippen LogP contribution in [0, 0.1) is 10.1 Å². The molecule has 150 valence electrons. The standard InChI is InChI=1S/C20H26N4O4/c1-4-28-17-8-5-15(6-9-17)13-20(25)22-19-14-16(24(26)27)7-10-18(19)21-11-12-23(2)3/h5-10,14,21H,4,11-13H2,1-3H3,(H,22,25). The van der Waals surface area contributed by atoms with Gasteiger partial charge in [0.05, 0.1) is 29.3 Å². The molecular weight excluding hydrogens is 360 g/mol. The summed E-state index contributed by atoms with van der Waals surface area (Å²) in [5.41, 5.74) is 1.79. The summed E-state index contributed by atoms with van der Waals surface area (Å²) in [6, 6.07) is 11.7. The molecule has 2 aromatic carbocycles. The van der Waals surface area contributed by atoms with Gasteiger partial charge in [0, 0.05) is 25.2 Å². The molecule has 0 aliphatic heterocycles. The van der Waals surface area contributed by atoms with Gasteiger partial charge >= 0.3 is 0 Å². The van der Waals surface area contributed by atoms with Crippen LogP contribution in [0.3, 0.4) is 0 Å². The van der Waals surface area contributed by atoms with Crippen LogP contribution in [0.25, 0.3) is 0 Å².